The predicted molar refractivity (Wildman–Crippen MR) is 140 cm³/mol. The van der Waals surface area contributed by atoms with Crippen molar-refractivity contribution in [1.29, 1.82) is 0 Å². The molecule has 2 heterocycles. The highest BCUT2D eigenvalue weighted by molar-refractivity contribution is 7.07. The molecule has 0 N–H and O–H groups in total. The van der Waals surface area contributed by atoms with E-state index in [9.17, 15) is 9.59 Å². The Morgan fingerprint density at radius 3 is 2.58 bits per heavy atom. The fourth-order valence-electron chi connectivity index (χ4n) is 4.04. The highest BCUT2D eigenvalue weighted by Crippen LogP contribution is 2.31. The summed E-state index contributed by atoms with van der Waals surface area (Å²) in [5, 5.41) is 0. The van der Waals surface area contributed by atoms with E-state index in [4.69, 9.17) is 14.2 Å². The Morgan fingerprint density at radius 1 is 1.11 bits per heavy atom. The van der Waals surface area contributed by atoms with Gasteiger partial charge in [0, 0.05) is 0 Å². The molecule has 1 aliphatic heterocycles. The molecule has 2 aromatic carbocycles. The molecule has 0 unspecified atom stereocenters. The van der Waals surface area contributed by atoms with Gasteiger partial charge in [0.1, 0.15) is 6.61 Å². The molecule has 0 amide bonds. The summed E-state index contributed by atoms with van der Waals surface area (Å²) in [6.45, 7) is 10.2. The number of fused-ring (bicyclic) bond motifs is 1. The van der Waals surface area contributed by atoms with E-state index in [1.54, 1.807) is 30.6 Å². The molecular weight excluding hydrogens is 476 g/mol. The summed E-state index contributed by atoms with van der Waals surface area (Å²) in [4.78, 5) is 31.8. The molecule has 186 valence electrons. The van der Waals surface area contributed by atoms with Gasteiger partial charge in [0.15, 0.2) is 16.3 Å². The van der Waals surface area contributed by atoms with E-state index in [-0.39, 0.29) is 12.2 Å². The first-order valence-corrected chi connectivity index (χ1v) is 12.5. The first-order chi connectivity index (χ1) is 17.5. The average molecular weight is 505 g/mol. The lowest BCUT2D eigenvalue weighted by molar-refractivity contribution is -0.139. The maximum Gasteiger partial charge on any atom is 0.338 e. The second-order valence-corrected chi connectivity index (χ2v) is 8.96. The summed E-state index contributed by atoms with van der Waals surface area (Å²) in [6, 6.07) is 14.3. The maximum atomic E-state index is 13.7. The Morgan fingerprint density at radius 2 is 1.89 bits per heavy atom. The molecule has 0 saturated heterocycles. The first kappa shape index (κ1) is 25.2. The highest BCUT2D eigenvalue weighted by Gasteiger charge is 2.33. The van der Waals surface area contributed by atoms with Gasteiger partial charge in [0.2, 0.25) is 0 Å². The summed E-state index contributed by atoms with van der Waals surface area (Å²) in [5.41, 5.74) is 2.27. The maximum absolute atomic E-state index is 13.7. The van der Waals surface area contributed by atoms with Gasteiger partial charge in [-0.3, -0.25) is 9.36 Å². The smallest absolute Gasteiger partial charge is 0.338 e. The van der Waals surface area contributed by atoms with Gasteiger partial charge >= 0.3 is 5.97 Å². The summed E-state index contributed by atoms with van der Waals surface area (Å²) >= 11 is 1.28. The lowest BCUT2D eigenvalue weighted by Crippen LogP contribution is -2.39. The van der Waals surface area contributed by atoms with Crippen LogP contribution in [0, 0.1) is 0 Å². The molecule has 0 fully saturated rings. The third-order valence-corrected chi connectivity index (χ3v) is 6.54. The summed E-state index contributed by atoms with van der Waals surface area (Å²) in [7, 11) is 0. The van der Waals surface area contributed by atoms with E-state index >= 15 is 0 Å². The summed E-state index contributed by atoms with van der Waals surface area (Å²) < 4.78 is 18.8. The van der Waals surface area contributed by atoms with Crippen LogP contribution in [0.25, 0.3) is 6.08 Å². The number of allylic oxidation sites excluding steroid dienone is 1. The van der Waals surface area contributed by atoms with Crippen molar-refractivity contribution >= 4 is 23.4 Å². The molecule has 3 aromatic rings. The molecule has 0 spiro atoms. The second-order valence-electron chi connectivity index (χ2n) is 7.95. The number of hydrogen-bond acceptors (Lipinski definition) is 7. The normalized spacial score (nSPS) is 15.2. The highest BCUT2D eigenvalue weighted by atomic mass is 32.1. The van der Waals surface area contributed by atoms with Crippen molar-refractivity contribution in [1.82, 2.24) is 4.57 Å². The second kappa shape index (κ2) is 11.2. The minimum absolute atomic E-state index is 0.230. The van der Waals surface area contributed by atoms with Crippen molar-refractivity contribution in [3.05, 3.63) is 103 Å². The monoisotopic (exact) mass is 504 g/mol. The van der Waals surface area contributed by atoms with Crippen molar-refractivity contribution < 1.29 is 19.0 Å². The Kier molecular flexibility index (Phi) is 7.85. The fraction of sp³-hybridized carbons (Fsp3) is 0.250. The topological polar surface area (TPSA) is 79.1 Å². The molecule has 1 atom stereocenters. The molecule has 36 heavy (non-hydrogen) atoms. The SMILES string of the molecule is C=CCOc1ccc(/C=c2\sc3n(c2=O)[C@H](c2ccccc2)C(C(=O)OCC)=C(C)N=3)cc1OCC. The molecule has 1 aromatic heterocycles. The van der Waals surface area contributed by atoms with Crippen LogP contribution in [0.3, 0.4) is 0 Å². The van der Waals surface area contributed by atoms with Gasteiger partial charge in [-0.2, -0.15) is 0 Å². The number of nitrogens with zero attached hydrogens (tertiary/aromatic N) is 2. The Balaban J connectivity index is 1.86. The Labute approximate surface area is 213 Å². The minimum Gasteiger partial charge on any atom is -0.490 e. The Hall–Kier alpha value is -3.91. The van der Waals surface area contributed by atoms with Crippen LogP contribution in [0.5, 0.6) is 11.5 Å². The third-order valence-electron chi connectivity index (χ3n) is 5.55. The van der Waals surface area contributed by atoms with E-state index in [1.165, 1.54) is 11.3 Å². The van der Waals surface area contributed by atoms with Crippen LogP contribution in [-0.4, -0.2) is 30.4 Å². The van der Waals surface area contributed by atoms with Crippen LogP contribution >= 0.6 is 11.3 Å². The van der Waals surface area contributed by atoms with Crippen molar-refractivity contribution in [3.63, 3.8) is 0 Å². The van der Waals surface area contributed by atoms with E-state index in [0.29, 0.717) is 45.3 Å². The molecule has 7 nitrogen and oxygen atoms in total. The van der Waals surface area contributed by atoms with Crippen molar-refractivity contribution in [2.24, 2.45) is 4.99 Å². The van der Waals surface area contributed by atoms with Crippen LogP contribution in [0.4, 0.5) is 0 Å². The van der Waals surface area contributed by atoms with Crippen LogP contribution in [0.1, 0.15) is 37.9 Å². The lowest BCUT2D eigenvalue weighted by atomic mass is 9.96. The van der Waals surface area contributed by atoms with Crippen LogP contribution in [0.2, 0.25) is 0 Å². The Bertz CT molecular complexity index is 1480. The van der Waals surface area contributed by atoms with Crippen LogP contribution < -0.4 is 24.4 Å². The number of ether oxygens (including phenoxy) is 3. The van der Waals surface area contributed by atoms with Gasteiger partial charge in [0.25, 0.3) is 5.56 Å². The van der Waals surface area contributed by atoms with Gasteiger partial charge in [-0.15, -0.1) is 0 Å². The average Bonchev–Trinajstić information content (AvgIpc) is 3.17. The van der Waals surface area contributed by atoms with E-state index < -0.39 is 12.0 Å². The predicted octanol–water partition coefficient (Wildman–Crippen LogP) is 3.76. The molecule has 8 heteroatoms. The first-order valence-electron chi connectivity index (χ1n) is 11.7. The fourth-order valence-corrected chi connectivity index (χ4v) is 5.09. The van der Waals surface area contributed by atoms with Gasteiger partial charge in [0.05, 0.1) is 35.1 Å². The zero-order valence-electron chi connectivity index (χ0n) is 20.5. The van der Waals surface area contributed by atoms with E-state index in [1.807, 2.05) is 55.5 Å². The zero-order chi connectivity index (χ0) is 25.7. The standard InChI is InChI=1S/C28H28N2O5S/c1-5-15-35-21-14-13-19(16-22(21)33-6-2)17-23-26(31)30-25(20-11-9-8-10-12-20)24(27(32)34-7-3)18(4)29-28(30)36-23/h5,8-14,16-17,25H,1,6-7,15H2,2-4H3/b23-17-/t25-/m1/s1. The summed E-state index contributed by atoms with van der Waals surface area (Å²) in [5.74, 6) is 0.718. The lowest BCUT2D eigenvalue weighted by Gasteiger charge is -2.24. The molecule has 0 bridgehead atoms. The zero-order valence-corrected chi connectivity index (χ0v) is 21.3. The molecule has 0 saturated carbocycles. The molecular formula is C28H28N2O5S. The number of rotatable bonds is 9. The third kappa shape index (κ3) is 5.04. The van der Waals surface area contributed by atoms with E-state index in [0.717, 1.165) is 11.1 Å². The number of carbonyl (C=O) groups is 1. The van der Waals surface area contributed by atoms with Crippen molar-refractivity contribution in [3.8, 4) is 11.5 Å². The quantitative estimate of drug-likeness (QED) is 0.328. The molecule has 0 aliphatic carbocycles. The number of carbonyl (C=O) groups excluding carboxylic acids is 1. The van der Waals surface area contributed by atoms with Gasteiger partial charge in [-0.1, -0.05) is 60.4 Å². The van der Waals surface area contributed by atoms with Gasteiger partial charge in [-0.25, -0.2) is 9.79 Å². The molecule has 1 aliphatic rings. The number of esters is 1. The number of benzene rings is 2. The van der Waals surface area contributed by atoms with Gasteiger partial charge < -0.3 is 14.2 Å². The molecule has 0 radical (unpaired) electrons. The number of aromatic nitrogens is 1. The number of hydrogen-bond donors (Lipinski definition) is 0. The minimum atomic E-state index is -0.627. The van der Waals surface area contributed by atoms with Crippen molar-refractivity contribution in [2.75, 3.05) is 19.8 Å². The van der Waals surface area contributed by atoms with Crippen LogP contribution in [-0.2, 0) is 9.53 Å². The number of thiazole rings is 1. The van der Waals surface area contributed by atoms with Gasteiger partial charge in [-0.05, 0) is 50.1 Å². The summed E-state index contributed by atoms with van der Waals surface area (Å²) in [6.07, 6.45) is 3.47. The molecule has 4 rings (SSSR count). The van der Waals surface area contributed by atoms with Crippen LogP contribution in [0.15, 0.2) is 82.2 Å². The van der Waals surface area contributed by atoms with E-state index in [2.05, 4.69) is 11.6 Å². The van der Waals surface area contributed by atoms with Crippen molar-refractivity contribution in [2.45, 2.75) is 26.8 Å². The largest absolute Gasteiger partial charge is 0.490 e.